The zero-order valence-corrected chi connectivity index (χ0v) is 6.41. The van der Waals surface area contributed by atoms with Crippen LogP contribution in [0.15, 0.2) is 12.0 Å². The quantitative estimate of drug-likeness (QED) is 0.429. The van der Waals surface area contributed by atoms with Crippen LogP contribution in [0, 0.1) is 10.1 Å². The average Bonchev–Trinajstić information content (AvgIpc) is 1.93. The SMILES string of the molecule is CN1CCCN/C1=C/[N+](=O)[O-]. The lowest BCUT2D eigenvalue weighted by Gasteiger charge is -2.26. The molecule has 0 radical (unpaired) electrons. The highest BCUT2D eigenvalue weighted by Gasteiger charge is 2.12. The molecule has 0 aromatic rings. The van der Waals surface area contributed by atoms with E-state index in [0.717, 1.165) is 25.7 Å². The number of nitrogens with zero attached hydrogens (tertiary/aromatic N) is 2. The first-order valence-corrected chi connectivity index (χ1v) is 3.50. The van der Waals surface area contributed by atoms with E-state index in [0.29, 0.717) is 5.82 Å². The highest BCUT2D eigenvalue weighted by Crippen LogP contribution is 2.03. The lowest BCUT2D eigenvalue weighted by molar-refractivity contribution is -0.404. The second-order valence-electron chi connectivity index (χ2n) is 2.50. The van der Waals surface area contributed by atoms with Gasteiger partial charge in [0.1, 0.15) is 0 Å². The van der Waals surface area contributed by atoms with Crippen molar-refractivity contribution in [2.75, 3.05) is 20.1 Å². The van der Waals surface area contributed by atoms with E-state index in [1.165, 1.54) is 0 Å². The summed E-state index contributed by atoms with van der Waals surface area (Å²) in [4.78, 5) is 11.5. The minimum atomic E-state index is -0.440. The number of nitrogens with one attached hydrogen (secondary N) is 1. The fourth-order valence-corrected chi connectivity index (χ4v) is 1.03. The fourth-order valence-electron chi connectivity index (χ4n) is 1.03. The first-order valence-electron chi connectivity index (χ1n) is 3.50. The van der Waals surface area contributed by atoms with Gasteiger partial charge in [-0.25, -0.2) is 0 Å². The van der Waals surface area contributed by atoms with Crippen LogP contribution in [0.5, 0.6) is 0 Å². The monoisotopic (exact) mass is 157 g/mol. The summed E-state index contributed by atoms with van der Waals surface area (Å²) in [5.74, 6) is 0.598. The molecular formula is C6H11N3O2. The van der Waals surface area contributed by atoms with Crippen molar-refractivity contribution in [3.8, 4) is 0 Å². The number of hydrogen-bond acceptors (Lipinski definition) is 4. The maximum absolute atomic E-state index is 10.1. The summed E-state index contributed by atoms with van der Waals surface area (Å²) in [5.41, 5.74) is 0. The summed E-state index contributed by atoms with van der Waals surface area (Å²) >= 11 is 0. The highest BCUT2D eigenvalue weighted by atomic mass is 16.6. The van der Waals surface area contributed by atoms with Crippen molar-refractivity contribution in [2.45, 2.75) is 6.42 Å². The van der Waals surface area contributed by atoms with Gasteiger partial charge in [-0.1, -0.05) is 0 Å². The summed E-state index contributed by atoms with van der Waals surface area (Å²) in [6, 6.07) is 0. The van der Waals surface area contributed by atoms with Crippen LogP contribution >= 0.6 is 0 Å². The van der Waals surface area contributed by atoms with Gasteiger partial charge >= 0.3 is 0 Å². The third-order valence-electron chi connectivity index (χ3n) is 1.62. The maximum atomic E-state index is 10.1. The first kappa shape index (κ1) is 7.84. The molecule has 0 spiro atoms. The minimum absolute atomic E-state index is 0.440. The Bertz CT molecular complexity index is 190. The van der Waals surface area contributed by atoms with Gasteiger partial charge in [0.25, 0.3) is 6.20 Å². The summed E-state index contributed by atoms with van der Waals surface area (Å²) in [5, 5.41) is 13.0. The number of hydrogen-bond donors (Lipinski definition) is 1. The molecule has 5 nitrogen and oxygen atoms in total. The molecule has 1 rings (SSSR count). The van der Waals surface area contributed by atoms with Gasteiger partial charge in [-0.05, 0) is 6.42 Å². The third kappa shape index (κ3) is 2.10. The number of rotatable bonds is 1. The van der Waals surface area contributed by atoms with Gasteiger partial charge in [-0.15, -0.1) is 0 Å². The van der Waals surface area contributed by atoms with E-state index in [2.05, 4.69) is 5.32 Å². The zero-order valence-electron chi connectivity index (χ0n) is 6.41. The molecule has 0 bridgehead atoms. The van der Waals surface area contributed by atoms with Gasteiger partial charge in [-0.3, -0.25) is 10.1 Å². The summed E-state index contributed by atoms with van der Waals surface area (Å²) in [6.45, 7) is 1.71. The smallest absolute Gasteiger partial charge is 0.274 e. The van der Waals surface area contributed by atoms with E-state index in [1.54, 1.807) is 0 Å². The van der Waals surface area contributed by atoms with E-state index in [1.807, 2.05) is 11.9 Å². The topological polar surface area (TPSA) is 58.4 Å². The van der Waals surface area contributed by atoms with E-state index < -0.39 is 4.92 Å². The van der Waals surface area contributed by atoms with E-state index in [4.69, 9.17) is 0 Å². The predicted molar refractivity (Wildman–Crippen MR) is 40.3 cm³/mol. The van der Waals surface area contributed by atoms with Crippen LogP contribution in [0.25, 0.3) is 0 Å². The summed E-state index contributed by atoms with van der Waals surface area (Å²) < 4.78 is 0. The Labute approximate surface area is 64.8 Å². The molecule has 1 saturated heterocycles. The molecule has 62 valence electrons. The fraction of sp³-hybridized carbons (Fsp3) is 0.667. The lowest BCUT2D eigenvalue weighted by Crippen LogP contribution is -2.37. The van der Waals surface area contributed by atoms with Crippen LogP contribution in [0.2, 0.25) is 0 Å². The second kappa shape index (κ2) is 3.23. The van der Waals surface area contributed by atoms with E-state index in [9.17, 15) is 10.1 Å². The van der Waals surface area contributed by atoms with Crippen molar-refractivity contribution in [2.24, 2.45) is 0 Å². The van der Waals surface area contributed by atoms with Gasteiger partial charge in [-0.2, -0.15) is 0 Å². The van der Waals surface area contributed by atoms with Gasteiger partial charge in [0.15, 0.2) is 5.82 Å². The summed E-state index contributed by atoms with van der Waals surface area (Å²) in [6.07, 6.45) is 2.03. The van der Waals surface area contributed by atoms with Gasteiger partial charge in [0, 0.05) is 20.1 Å². The molecule has 0 aliphatic carbocycles. The van der Waals surface area contributed by atoms with Crippen LogP contribution in [-0.4, -0.2) is 30.0 Å². The molecule has 1 N–H and O–H groups in total. The minimum Gasteiger partial charge on any atom is -0.367 e. The van der Waals surface area contributed by atoms with Crippen molar-refractivity contribution < 1.29 is 4.92 Å². The first-order chi connectivity index (χ1) is 5.20. The molecule has 0 aromatic heterocycles. The molecule has 0 amide bonds. The Hall–Kier alpha value is -1.26. The van der Waals surface area contributed by atoms with Crippen molar-refractivity contribution in [3.63, 3.8) is 0 Å². The molecular weight excluding hydrogens is 146 g/mol. The predicted octanol–water partition coefficient (Wildman–Crippen LogP) is -0.0129. The Balaban J connectivity index is 2.60. The van der Waals surface area contributed by atoms with E-state index >= 15 is 0 Å². The molecule has 1 aliphatic rings. The van der Waals surface area contributed by atoms with Crippen molar-refractivity contribution in [3.05, 3.63) is 22.1 Å². The molecule has 1 aliphatic heterocycles. The summed E-state index contributed by atoms with van der Waals surface area (Å²) in [7, 11) is 1.83. The normalized spacial score (nSPS) is 21.5. The molecule has 0 atom stereocenters. The van der Waals surface area contributed by atoms with Crippen molar-refractivity contribution in [1.29, 1.82) is 0 Å². The lowest BCUT2D eigenvalue weighted by atomic mass is 10.3. The van der Waals surface area contributed by atoms with Crippen LogP contribution in [0.4, 0.5) is 0 Å². The molecule has 11 heavy (non-hydrogen) atoms. The highest BCUT2D eigenvalue weighted by molar-refractivity contribution is 4.95. The standard InChI is InChI=1S/C6H11N3O2/c1-8-4-2-3-7-6(8)5-9(10)11/h5,7H,2-4H2,1H3/b6-5-. The average molecular weight is 157 g/mol. The van der Waals surface area contributed by atoms with Gasteiger partial charge in [0.2, 0.25) is 0 Å². The van der Waals surface area contributed by atoms with Crippen molar-refractivity contribution >= 4 is 0 Å². The molecule has 5 heteroatoms. The largest absolute Gasteiger partial charge is 0.367 e. The van der Waals surface area contributed by atoms with Gasteiger partial charge in [0.05, 0.1) is 4.92 Å². The molecule has 0 aromatic carbocycles. The Morgan fingerprint density at radius 3 is 3.09 bits per heavy atom. The van der Waals surface area contributed by atoms with Crippen LogP contribution < -0.4 is 5.32 Å². The van der Waals surface area contributed by atoms with E-state index in [-0.39, 0.29) is 0 Å². The Kier molecular flexibility index (Phi) is 2.30. The third-order valence-corrected chi connectivity index (χ3v) is 1.62. The van der Waals surface area contributed by atoms with Crippen LogP contribution in [0.1, 0.15) is 6.42 Å². The maximum Gasteiger partial charge on any atom is 0.274 e. The zero-order chi connectivity index (χ0) is 8.27. The van der Waals surface area contributed by atoms with Gasteiger partial charge < -0.3 is 10.2 Å². The molecule has 1 heterocycles. The second-order valence-corrected chi connectivity index (χ2v) is 2.50. The molecule has 0 saturated carbocycles. The molecule has 0 unspecified atom stereocenters. The van der Waals surface area contributed by atoms with Crippen molar-refractivity contribution in [1.82, 2.24) is 10.2 Å². The Morgan fingerprint density at radius 2 is 2.55 bits per heavy atom. The van der Waals surface area contributed by atoms with Crippen LogP contribution in [-0.2, 0) is 0 Å². The molecule has 1 fully saturated rings. The van der Waals surface area contributed by atoms with Crippen LogP contribution in [0.3, 0.4) is 0 Å². The Morgan fingerprint density at radius 1 is 1.82 bits per heavy atom. The number of nitro groups is 1.